The van der Waals surface area contributed by atoms with E-state index in [1.807, 2.05) is 12.1 Å². The van der Waals surface area contributed by atoms with Crippen LogP contribution >= 0.6 is 0 Å². The smallest absolute Gasteiger partial charge is 0.123 e. The fourth-order valence-electron chi connectivity index (χ4n) is 3.16. The van der Waals surface area contributed by atoms with Crippen molar-refractivity contribution in [1.29, 1.82) is 0 Å². The fourth-order valence-corrected chi connectivity index (χ4v) is 3.16. The first-order valence-corrected chi connectivity index (χ1v) is 8.51. The predicted octanol–water partition coefficient (Wildman–Crippen LogP) is 3.86. The molecule has 1 heterocycles. The number of ether oxygens (including phenoxy) is 1. The molecule has 1 unspecified atom stereocenters. The van der Waals surface area contributed by atoms with Crippen molar-refractivity contribution in [3.63, 3.8) is 0 Å². The van der Waals surface area contributed by atoms with Crippen LogP contribution in [-0.4, -0.2) is 38.3 Å². The maximum absolute atomic E-state index is 13.1. The van der Waals surface area contributed by atoms with E-state index in [0.717, 1.165) is 38.4 Å². The van der Waals surface area contributed by atoms with Crippen molar-refractivity contribution in [2.75, 3.05) is 38.3 Å². The monoisotopic (exact) mass is 328 g/mol. The number of anilines is 1. The Hall–Kier alpha value is -1.91. The maximum Gasteiger partial charge on any atom is 0.123 e. The van der Waals surface area contributed by atoms with Crippen molar-refractivity contribution < 1.29 is 9.13 Å². The summed E-state index contributed by atoms with van der Waals surface area (Å²) in [5.74, 6) is -0.189. The predicted molar refractivity (Wildman–Crippen MR) is 95.8 cm³/mol. The van der Waals surface area contributed by atoms with E-state index in [-0.39, 0.29) is 11.9 Å². The molecule has 4 heteroatoms. The number of rotatable bonds is 5. The van der Waals surface area contributed by atoms with Gasteiger partial charge in [-0.25, -0.2) is 4.39 Å². The van der Waals surface area contributed by atoms with Gasteiger partial charge < -0.3 is 9.64 Å². The first-order chi connectivity index (χ1) is 11.6. The minimum absolute atomic E-state index is 0.189. The molecule has 0 aliphatic carbocycles. The molecule has 1 aliphatic rings. The fraction of sp³-hybridized carbons (Fsp3) is 0.400. The first kappa shape index (κ1) is 16.9. The molecule has 1 saturated heterocycles. The minimum atomic E-state index is -0.189. The molecule has 1 atom stereocenters. The standard InChI is InChI=1S/C20H25FN2O/c1-16(17-7-9-19(21)10-8-17)22(2)15-18-5-3-4-6-20(18)23-11-13-24-14-12-23/h3-10,16H,11-15H2,1-2H3. The third kappa shape index (κ3) is 3.94. The molecule has 3 rings (SSSR count). The van der Waals surface area contributed by atoms with Crippen LogP contribution in [0.5, 0.6) is 0 Å². The maximum atomic E-state index is 13.1. The van der Waals surface area contributed by atoms with Gasteiger partial charge in [0.1, 0.15) is 5.82 Å². The summed E-state index contributed by atoms with van der Waals surface area (Å²) < 4.78 is 18.6. The van der Waals surface area contributed by atoms with Crippen LogP contribution in [0.25, 0.3) is 0 Å². The molecule has 0 saturated carbocycles. The summed E-state index contributed by atoms with van der Waals surface area (Å²) in [6.07, 6.45) is 0. The van der Waals surface area contributed by atoms with Crippen molar-refractivity contribution in [1.82, 2.24) is 4.90 Å². The Kier molecular flexibility index (Phi) is 5.48. The molecular weight excluding hydrogens is 303 g/mol. The molecule has 0 radical (unpaired) electrons. The molecule has 0 N–H and O–H groups in total. The van der Waals surface area contributed by atoms with E-state index in [9.17, 15) is 4.39 Å². The summed E-state index contributed by atoms with van der Waals surface area (Å²) >= 11 is 0. The lowest BCUT2D eigenvalue weighted by molar-refractivity contribution is 0.122. The van der Waals surface area contributed by atoms with Gasteiger partial charge in [-0.05, 0) is 43.3 Å². The molecule has 0 aromatic heterocycles. The molecule has 2 aromatic rings. The quantitative estimate of drug-likeness (QED) is 0.829. The highest BCUT2D eigenvalue weighted by molar-refractivity contribution is 5.54. The Morgan fingerprint density at radius 1 is 1.08 bits per heavy atom. The van der Waals surface area contributed by atoms with Crippen LogP contribution in [0.3, 0.4) is 0 Å². The van der Waals surface area contributed by atoms with Crippen molar-refractivity contribution in [2.24, 2.45) is 0 Å². The second-order valence-corrected chi connectivity index (χ2v) is 6.37. The van der Waals surface area contributed by atoms with Gasteiger partial charge >= 0.3 is 0 Å². The zero-order valence-corrected chi connectivity index (χ0v) is 14.4. The largest absolute Gasteiger partial charge is 0.378 e. The van der Waals surface area contributed by atoms with Crippen molar-refractivity contribution in [3.05, 3.63) is 65.5 Å². The summed E-state index contributed by atoms with van der Waals surface area (Å²) in [4.78, 5) is 4.70. The topological polar surface area (TPSA) is 15.7 Å². The SMILES string of the molecule is CC(c1ccc(F)cc1)N(C)Cc1ccccc1N1CCOCC1. The molecule has 1 aliphatic heterocycles. The minimum Gasteiger partial charge on any atom is -0.378 e. The molecule has 0 spiro atoms. The Morgan fingerprint density at radius 3 is 2.46 bits per heavy atom. The third-order valence-corrected chi connectivity index (χ3v) is 4.78. The molecule has 2 aromatic carbocycles. The van der Waals surface area contributed by atoms with Gasteiger partial charge in [0, 0.05) is 31.4 Å². The molecule has 24 heavy (non-hydrogen) atoms. The van der Waals surface area contributed by atoms with E-state index in [2.05, 4.69) is 48.0 Å². The molecular formula is C20H25FN2O. The average Bonchev–Trinajstić information content (AvgIpc) is 2.63. The Bertz CT molecular complexity index is 653. The molecule has 3 nitrogen and oxygen atoms in total. The lowest BCUT2D eigenvalue weighted by atomic mass is 10.1. The molecule has 0 amide bonds. The second-order valence-electron chi connectivity index (χ2n) is 6.37. The Morgan fingerprint density at radius 2 is 1.75 bits per heavy atom. The molecule has 128 valence electrons. The van der Waals surface area contributed by atoms with Gasteiger partial charge in [0.05, 0.1) is 13.2 Å². The summed E-state index contributed by atoms with van der Waals surface area (Å²) in [5, 5.41) is 0. The number of nitrogens with zero attached hydrogens (tertiary/aromatic N) is 2. The van der Waals surface area contributed by atoms with Gasteiger partial charge in [-0.15, -0.1) is 0 Å². The van der Waals surface area contributed by atoms with Crippen LogP contribution in [0.15, 0.2) is 48.5 Å². The average molecular weight is 328 g/mol. The third-order valence-electron chi connectivity index (χ3n) is 4.78. The van der Waals surface area contributed by atoms with Gasteiger partial charge in [0.2, 0.25) is 0 Å². The number of hydrogen-bond acceptors (Lipinski definition) is 3. The lowest BCUT2D eigenvalue weighted by Crippen LogP contribution is -2.37. The van der Waals surface area contributed by atoms with E-state index in [4.69, 9.17) is 4.74 Å². The second kappa shape index (κ2) is 7.77. The highest BCUT2D eigenvalue weighted by atomic mass is 19.1. The van der Waals surface area contributed by atoms with Gasteiger partial charge in [0.15, 0.2) is 0 Å². The van der Waals surface area contributed by atoms with Gasteiger partial charge in [-0.2, -0.15) is 0 Å². The van der Waals surface area contributed by atoms with E-state index < -0.39 is 0 Å². The van der Waals surface area contributed by atoms with Crippen molar-refractivity contribution in [2.45, 2.75) is 19.5 Å². The molecule has 1 fully saturated rings. The van der Waals surface area contributed by atoms with Crippen LogP contribution in [0, 0.1) is 5.82 Å². The number of morpholine rings is 1. The van der Waals surface area contributed by atoms with Gasteiger partial charge in [-0.1, -0.05) is 30.3 Å². The number of para-hydroxylation sites is 1. The van der Waals surface area contributed by atoms with Crippen LogP contribution < -0.4 is 4.90 Å². The van der Waals surface area contributed by atoms with Crippen molar-refractivity contribution in [3.8, 4) is 0 Å². The Labute approximate surface area is 143 Å². The van der Waals surface area contributed by atoms with E-state index in [1.165, 1.54) is 23.4 Å². The van der Waals surface area contributed by atoms with E-state index in [1.54, 1.807) is 0 Å². The molecule has 0 bridgehead atoms. The first-order valence-electron chi connectivity index (χ1n) is 8.51. The zero-order chi connectivity index (χ0) is 16.9. The van der Waals surface area contributed by atoms with Gasteiger partial charge in [0.25, 0.3) is 0 Å². The van der Waals surface area contributed by atoms with Crippen molar-refractivity contribution >= 4 is 5.69 Å². The van der Waals surface area contributed by atoms with Crippen LogP contribution in [0.1, 0.15) is 24.1 Å². The normalized spacial score (nSPS) is 16.4. The summed E-state index contributed by atoms with van der Waals surface area (Å²) in [6, 6.07) is 15.6. The highest BCUT2D eigenvalue weighted by Crippen LogP contribution is 2.26. The number of hydrogen-bond donors (Lipinski definition) is 0. The number of benzene rings is 2. The van der Waals surface area contributed by atoms with Crippen LogP contribution in [-0.2, 0) is 11.3 Å². The lowest BCUT2D eigenvalue weighted by Gasteiger charge is -2.32. The Balaban J connectivity index is 1.74. The van der Waals surface area contributed by atoms with E-state index >= 15 is 0 Å². The van der Waals surface area contributed by atoms with E-state index in [0.29, 0.717) is 0 Å². The highest BCUT2D eigenvalue weighted by Gasteiger charge is 2.17. The summed E-state index contributed by atoms with van der Waals surface area (Å²) in [5.41, 5.74) is 3.73. The van der Waals surface area contributed by atoms with Gasteiger partial charge in [-0.3, -0.25) is 4.90 Å². The number of halogens is 1. The van der Waals surface area contributed by atoms with Crippen LogP contribution in [0.4, 0.5) is 10.1 Å². The summed E-state index contributed by atoms with van der Waals surface area (Å²) in [7, 11) is 2.12. The zero-order valence-electron chi connectivity index (χ0n) is 14.4. The van der Waals surface area contributed by atoms with Crippen LogP contribution in [0.2, 0.25) is 0 Å². The summed E-state index contributed by atoms with van der Waals surface area (Å²) in [6.45, 7) is 6.46.